The normalized spacial score (nSPS) is 17.3. The van der Waals surface area contributed by atoms with Gasteiger partial charge in [-0.3, -0.25) is 4.79 Å². The molecule has 3 heteroatoms. The second kappa shape index (κ2) is 6.12. The minimum atomic E-state index is -0.119. The van der Waals surface area contributed by atoms with Crippen molar-refractivity contribution in [1.82, 2.24) is 0 Å². The first kappa shape index (κ1) is 14.5. The Morgan fingerprint density at radius 2 is 2.10 bits per heavy atom. The highest BCUT2D eigenvalue weighted by atomic mass is 79.9. The molecule has 1 aliphatic rings. The van der Waals surface area contributed by atoms with Gasteiger partial charge in [0, 0.05) is 16.5 Å². The summed E-state index contributed by atoms with van der Waals surface area (Å²) in [7, 11) is 0. The number of hydrogen-bond donors (Lipinski definition) is 0. The highest BCUT2D eigenvalue weighted by Gasteiger charge is 2.23. The molecule has 0 aromatic heterocycles. The van der Waals surface area contributed by atoms with E-state index in [2.05, 4.69) is 28.1 Å². The molecule has 0 saturated heterocycles. The molecule has 0 saturated carbocycles. The van der Waals surface area contributed by atoms with Gasteiger partial charge in [0.25, 0.3) is 0 Å². The number of ketones is 1. The quantitative estimate of drug-likeness (QED) is 0.758. The van der Waals surface area contributed by atoms with Gasteiger partial charge in [0.05, 0.1) is 12.7 Å². The third-order valence-electron chi connectivity index (χ3n) is 3.94. The Labute approximate surface area is 133 Å². The first-order valence-electron chi connectivity index (χ1n) is 7.14. The summed E-state index contributed by atoms with van der Waals surface area (Å²) in [4.78, 5) is 12.5. The Bertz CT molecular complexity index is 679. The lowest BCUT2D eigenvalue weighted by Gasteiger charge is -2.25. The molecule has 21 heavy (non-hydrogen) atoms. The third-order valence-corrected chi connectivity index (χ3v) is 4.83. The van der Waals surface area contributed by atoms with E-state index in [-0.39, 0.29) is 11.9 Å². The van der Waals surface area contributed by atoms with Crippen molar-refractivity contribution in [1.29, 1.82) is 0 Å². The monoisotopic (exact) mass is 344 g/mol. The van der Waals surface area contributed by atoms with E-state index in [9.17, 15) is 4.79 Å². The van der Waals surface area contributed by atoms with Crippen LogP contribution in [0, 0.1) is 6.92 Å². The van der Waals surface area contributed by atoms with Gasteiger partial charge in [-0.15, -0.1) is 0 Å². The molecule has 0 amide bonds. The highest BCUT2D eigenvalue weighted by Crippen LogP contribution is 2.31. The molecule has 0 radical (unpaired) electrons. The summed E-state index contributed by atoms with van der Waals surface area (Å²) < 4.78 is 6.85. The molecule has 1 heterocycles. The fraction of sp³-hybridized carbons (Fsp3) is 0.278. The van der Waals surface area contributed by atoms with Gasteiger partial charge in [-0.2, -0.15) is 0 Å². The lowest BCUT2D eigenvalue weighted by atomic mass is 9.93. The largest absolute Gasteiger partial charge is 0.373 e. The lowest BCUT2D eigenvalue weighted by Crippen LogP contribution is -2.19. The van der Waals surface area contributed by atoms with Crippen LogP contribution in [0.2, 0.25) is 0 Å². The van der Waals surface area contributed by atoms with E-state index < -0.39 is 0 Å². The predicted molar refractivity (Wildman–Crippen MR) is 86.7 cm³/mol. The summed E-state index contributed by atoms with van der Waals surface area (Å²) in [6.45, 7) is 2.68. The van der Waals surface area contributed by atoms with Crippen LogP contribution in [0.1, 0.15) is 39.6 Å². The van der Waals surface area contributed by atoms with Gasteiger partial charge in [0.2, 0.25) is 0 Å². The number of Topliss-reactive ketones (excluding diaryl/α,β-unsaturated/α-hetero) is 1. The van der Waals surface area contributed by atoms with Gasteiger partial charge in [-0.05, 0) is 42.2 Å². The van der Waals surface area contributed by atoms with Crippen LogP contribution in [0.3, 0.4) is 0 Å². The molecule has 0 fully saturated rings. The molecule has 2 aromatic carbocycles. The van der Waals surface area contributed by atoms with E-state index in [0.717, 1.165) is 27.6 Å². The number of carbonyl (C=O) groups excluding carboxylic acids is 1. The fourth-order valence-electron chi connectivity index (χ4n) is 2.75. The second-order valence-electron chi connectivity index (χ2n) is 5.40. The van der Waals surface area contributed by atoms with Crippen molar-refractivity contribution in [3.63, 3.8) is 0 Å². The van der Waals surface area contributed by atoms with E-state index in [1.807, 2.05) is 37.3 Å². The smallest absolute Gasteiger partial charge is 0.165 e. The zero-order valence-electron chi connectivity index (χ0n) is 11.9. The fourth-order valence-corrected chi connectivity index (χ4v) is 3.00. The van der Waals surface area contributed by atoms with Gasteiger partial charge in [-0.25, -0.2) is 0 Å². The molecule has 1 aliphatic heterocycles. The summed E-state index contributed by atoms with van der Waals surface area (Å²) >= 11 is 3.46. The molecular weight excluding hydrogens is 328 g/mol. The van der Waals surface area contributed by atoms with Gasteiger partial charge in [0.15, 0.2) is 5.78 Å². The van der Waals surface area contributed by atoms with Gasteiger partial charge in [-0.1, -0.05) is 46.3 Å². The Morgan fingerprint density at radius 3 is 2.90 bits per heavy atom. The number of aryl methyl sites for hydroxylation is 1. The van der Waals surface area contributed by atoms with E-state index in [1.165, 1.54) is 5.56 Å². The van der Waals surface area contributed by atoms with E-state index >= 15 is 0 Å². The highest BCUT2D eigenvalue weighted by molar-refractivity contribution is 9.10. The van der Waals surface area contributed by atoms with Crippen molar-refractivity contribution in [2.24, 2.45) is 0 Å². The van der Waals surface area contributed by atoms with Crippen molar-refractivity contribution in [3.05, 3.63) is 69.2 Å². The minimum absolute atomic E-state index is 0.119. The van der Waals surface area contributed by atoms with Crippen LogP contribution in [-0.4, -0.2) is 12.4 Å². The summed E-state index contributed by atoms with van der Waals surface area (Å²) in [6.07, 6.45) is 1.21. The van der Waals surface area contributed by atoms with E-state index in [1.54, 1.807) is 0 Å². The number of rotatable bonds is 3. The maximum absolute atomic E-state index is 12.5. The number of halogens is 1. The van der Waals surface area contributed by atoms with Crippen molar-refractivity contribution in [3.8, 4) is 0 Å². The van der Waals surface area contributed by atoms with Gasteiger partial charge in [0.1, 0.15) is 0 Å². The Morgan fingerprint density at radius 1 is 1.29 bits per heavy atom. The average Bonchev–Trinajstić information content (AvgIpc) is 2.50. The molecule has 0 spiro atoms. The lowest BCUT2D eigenvalue weighted by molar-refractivity contribution is 0.0352. The van der Waals surface area contributed by atoms with Crippen LogP contribution in [0.25, 0.3) is 0 Å². The Kier molecular flexibility index (Phi) is 4.22. The predicted octanol–water partition coefficient (Wildman–Crippen LogP) is 4.64. The van der Waals surface area contributed by atoms with Gasteiger partial charge < -0.3 is 4.74 Å². The summed E-state index contributed by atoms with van der Waals surface area (Å²) in [5, 5.41) is 0. The number of benzene rings is 2. The first-order valence-corrected chi connectivity index (χ1v) is 7.93. The molecule has 108 valence electrons. The zero-order chi connectivity index (χ0) is 14.8. The topological polar surface area (TPSA) is 26.3 Å². The number of carbonyl (C=O) groups is 1. The Hall–Kier alpha value is -1.45. The van der Waals surface area contributed by atoms with Crippen LogP contribution in [0.15, 0.2) is 46.9 Å². The number of ether oxygens (including phenoxy) is 1. The molecule has 2 aromatic rings. The summed E-state index contributed by atoms with van der Waals surface area (Å²) in [6, 6.07) is 14.0. The van der Waals surface area contributed by atoms with Crippen molar-refractivity contribution in [2.45, 2.75) is 25.9 Å². The molecule has 1 unspecified atom stereocenters. The van der Waals surface area contributed by atoms with Crippen LogP contribution in [0.4, 0.5) is 0 Å². The van der Waals surface area contributed by atoms with Crippen molar-refractivity contribution < 1.29 is 9.53 Å². The number of hydrogen-bond acceptors (Lipinski definition) is 2. The molecule has 0 aliphatic carbocycles. The van der Waals surface area contributed by atoms with Crippen molar-refractivity contribution in [2.75, 3.05) is 6.61 Å². The molecular formula is C18H17BrO2. The maximum Gasteiger partial charge on any atom is 0.165 e. The molecule has 0 bridgehead atoms. The van der Waals surface area contributed by atoms with Gasteiger partial charge >= 0.3 is 0 Å². The summed E-state index contributed by atoms with van der Waals surface area (Å²) in [5.41, 5.74) is 4.28. The third kappa shape index (κ3) is 3.09. The van der Waals surface area contributed by atoms with Crippen LogP contribution in [-0.2, 0) is 11.2 Å². The average molecular weight is 345 g/mol. The molecule has 2 nitrogen and oxygen atoms in total. The molecule has 1 atom stereocenters. The zero-order valence-corrected chi connectivity index (χ0v) is 13.5. The van der Waals surface area contributed by atoms with E-state index in [0.29, 0.717) is 13.0 Å². The molecule has 3 rings (SSSR count). The van der Waals surface area contributed by atoms with Crippen LogP contribution in [0.5, 0.6) is 0 Å². The van der Waals surface area contributed by atoms with Crippen molar-refractivity contribution >= 4 is 21.7 Å². The van der Waals surface area contributed by atoms with E-state index in [4.69, 9.17) is 4.74 Å². The minimum Gasteiger partial charge on any atom is -0.373 e. The molecule has 0 N–H and O–H groups in total. The van der Waals surface area contributed by atoms with Crippen LogP contribution >= 0.6 is 15.9 Å². The standard InChI is InChI=1S/C18H17BrO2/c1-12-10-14(6-7-16(12)19)17(20)11-18-15-5-3-2-4-13(15)8-9-21-18/h2-7,10,18H,8-9,11H2,1H3. The van der Waals surface area contributed by atoms with Crippen LogP contribution < -0.4 is 0 Å². The SMILES string of the molecule is Cc1cc(C(=O)CC2OCCc3ccccc32)ccc1Br. The maximum atomic E-state index is 12.5. The first-order chi connectivity index (χ1) is 10.1. The summed E-state index contributed by atoms with van der Waals surface area (Å²) in [5.74, 6) is 0.132. The second-order valence-corrected chi connectivity index (χ2v) is 6.25. The number of fused-ring (bicyclic) bond motifs is 1. The Balaban J connectivity index is 1.81.